The fraction of sp³-hybridized carbons (Fsp3) is 0.560. The van der Waals surface area contributed by atoms with Gasteiger partial charge in [0.15, 0.2) is 5.72 Å². The minimum absolute atomic E-state index is 0.149. The molecule has 5 N–H and O–H groups in total. The van der Waals surface area contributed by atoms with Crippen LogP contribution in [0.25, 0.3) is 20.8 Å². The standard InChI is InChI=1S/C25H34N6O5S/c1-12-17(21-29-18-13(2)26-10-8-16(18)37-21)20(31-25(35)9-7-15(11-32)19(25)33)30-23(27-12)28-14(3)22(34)36-24(4,5)6/h8,10,14-15,19,32-33,35H,7,9,11H2,1-6H3,(H2,27,28,30,31). The van der Waals surface area contributed by atoms with E-state index < -0.39 is 35.4 Å². The molecule has 0 spiro atoms. The molecule has 0 aliphatic heterocycles. The number of nitrogens with one attached hydrogen (secondary N) is 2. The van der Waals surface area contributed by atoms with Crippen molar-refractivity contribution in [1.82, 2.24) is 19.9 Å². The predicted octanol–water partition coefficient (Wildman–Crippen LogP) is 2.77. The van der Waals surface area contributed by atoms with Gasteiger partial charge in [-0.1, -0.05) is 0 Å². The molecule has 37 heavy (non-hydrogen) atoms. The summed E-state index contributed by atoms with van der Waals surface area (Å²) in [6, 6.07) is 1.14. The molecule has 3 heterocycles. The van der Waals surface area contributed by atoms with Gasteiger partial charge in [0, 0.05) is 18.7 Å². The molecule has 0 bridgehead atoms. The topological polar surface area (TPSA) is 163 Å². The molecule has 11 nitrogen and oxygen atoms in total. The van der Waals surface area contributed by atoms with Crippen LogP contribution in [0.3, 0.4) is 0 Å². The fourth-order valence-corrected chi connectivity index (χ4v) is 5.46. The van der Waals surface area contributed by atoms with Gasteiger partial charge in [-0.15, -0.1) is 11.3 Å². The van der Waals surface area contributed by atoms with Crippen LogP contribution in [0.15, 0.2) is 12.3 Å². The van der Waals surface area contributed by atoms with Gasteiger partial charge in [0.2, 0.25) is 5.95 Å². The molecule has 0 radical (unpaired) electrons. The number of aryl methyl sites for hydroxylation is 2. The van der Waals surface area contributed by atoms with Gasteiger partial charge >= 0.3 is 5.97 Å². The number of carbonyl (C=O) groups excluding carboxylic acids is 1. The summed E-state index contributed by atoms with van der Waals surface area (Å²) in [5, 5.41) is 38.2. The predicted molar refractivity (Wildman–Crippen MR) is 141 cm³/mol. The van der Waals surface area contributed by atoms with E-state index in [-0.39, 0.29) is 24.8 Å². The Bertz CT molecular complexity index is 1310. The first-order valence-electron chi connectivity index (χ1n) is 12.2. The number of anilines is 2. The number of nitrogens with zero attached hydrogens (tertiary/aromatic N) is 4. The zero-order chi connectivity index (χ0) is 27.1. The molecule has 0 saturated heterocycles. The van der Waals surface area contributed by atoms with Crippen LogP contribution in [0, 0.1) is 19.8 Å². The minimum atomic E-state index is -1.72. The summed E-state index contributed by atoms with van der Waals surface area (Å²) in [5.74, 6) is -0.533. The molecule has 1 fully saturated rings. The largest absolute Gasteiger partial charge is 0.458 e. The maximum atomic E-state index is 12.5. The SMILES string of the molecule is Cc1nc(NC(C)C(=O)OC(C)(C)C)nc(NC2(O)CCC(CO)C2O)c1-c1nc2c(C)nccc2s1. The highest BCUT2D eigenvalue weighted by Gasteiger charge is 2.47. The summed E-state index contributed by atoms with van der Waals surface area (Å²) in [4.78, 5) is 30.8. The van der Waals surface area contributed by atoms with Crippen LogP contribution < -0.4 is 10.6 Å². The number of fused-ring (bicyclic) bond motifs is 1. The van der Waals surface area contributed by atoms with Crippen molar-refractivity contribution in [2.75, 3.05) is 17.2 Å². The van der Waals surface area contributed by atoms with Crippen molar-refractivity contribution in [1.29, 1.82) is 0 Å². The van der Waals surface area contributed by atoms with Crippen LogP contribution in [0.2, 0.25) is 0 Å². The van der Waals surface area contributed by atoms with Crippen molar-refractivity contribution in [3.63, 3.8) is 0 Å². The molecular formula is C25H34N6O5S. The lowest BCUT2D eigenvalue weighted by atomic mass is 10.0. The van der Waals surface area contributed by atoms with E-state index in [9.17, 15) is 20.1 Å². The number of thiazole rings is 1. The first kappa shape index (κ1) is 27.1. The van der Waals surface area contributed by atoms with Gasteiger partial charge < -0.3 is 30.7 Å². The third-order valence-electron chi connectivity index (χ3n) is 6.30. The van der Waals surface area contributed by atoms with Gasteiger partial charge in [-0.05, 0) is 60.5 Å². The Hall–Kier alpha value is -2.93. The van der Waals surface area contributed by atoms with Crippen molar-refractivity contribution in [2.45, 2.75) is 77.9 Å². The molecule has 3 aromatic heterocycles. The lowest BCUT2D eigenvalue weighted by Gasteiger charge is -2.31. The molecule has 200 valence electrons. The number of aliphatic hydroxyl groups excluding tert-OH is 2. The molecule has 1 saturated carbocycles. The molecule has 4 atom stereocenters. The van der Waals surface area contributed by atoms with E-state index in [0.29, 0.717) is 22.7 Å². The van der Waals surface area contributed by atoms with E-state index in [1.165, 1.54) is 11.3 Å². The number of esters is 1. The van der Waals surface area contributed by atoms with E-state index in [2.05, 4.69) is 25.6 Å². The third-order valence-corrected chi connectivity index (χ3v) is 7.34. The fourth-order valence-electron chi connectivity index (χ4n) is 4.35. The van der Waals surface area contributed by atoms with Crippen LogP contribution in [-0.2, 0) is 9.53 Å². The highest BCUT2D eigenvalue weighted by molar-refractivity contribution is 7.21. The van der Waals surface area contributed by atoms with Gasteiger partial charge in [0.1, 0.15) is 34.1 Å². The Morgan fingerprint density at radius 3 is 2.62 bits per heavy atom. The van der Waals surface area contributed by atoms with E-state index in [0.717, 1.165) is 15.9 Å². The Kier molecular flexibility index (Phi) is 7.39. The Labute approximate surface area is 219 Å². The summed E-state index contributed by atoms with van der Waals surface area (Å²) >= 11 is 1.44. The van der Waals surface area contributed by atoms with E-state index in [1.54, 1.807) is 40.8 Å². The summed E-state index contributed by atoms with van der Waals surface area (Å²) in [6.07, 6.45) is 1.16. The van der Waals surface area contributed by atoms with Crippen molar-refractivity contribution < 1.29 is 24.9 Å². The van der Waals surface area contributed by atoms with E-state index in [1.807, 2.05) is 13.0 Å². The zero-order valence-corrected chi connectivity index (χ0v) is 22.7. The van der Waals surface area contributed by atoms with Gasteiger partial charge in [0.05, 0.1) is 21.7 Å². The molecule has 1 aliphatic rings. The molecule has 4 rings (SSSR count). The summed E-state index contributed by atoms with van der Waals surface area (Å²) < 4.78 is 6.39. The second kappa shape index (κ2) is 10.1. The smallest absolute Gasteiger partial charge is 0.328 e. The molecule has 0 aromatic carbocycles. The van der Waals surface area contributed by atoms with Crippen LogP contribution >= 0.6 is 11.3 Å². The van der Waals surface area contributed by atoms with Crippen molar-refractivity contribution >= 4 is 39.3 Å². The molecule has 3 aromatic rings. The molecule has 1 aliphatic carbocycles. The lowest BCUT2D eigenvalue weighted by molar-refractivity contribution is -0.155. The molecular weight excluding hydrogens is 496 g/mol. The average molecular weight is 531 g/mol. The Morgan fingerprint density at radius 2 is 2.00 bits per heavy atom. The van der Waals surface area contributed by atoms with Crippen molar-refractivity contribution in [3.05, 3.63) is 23.7 Å². The average Bonchev–Trinajstić information content (AvgIpc) is 3.34. The number of aliphatic hydroxyl groups is 3. The minimum Gasteiger partial charge on any atom is -0.458 e. The van der Waals surface area contributed by atoms with Crippen LogP contribution in [-0.4, -0.2) is 71.3 Å². The van der Waals surface area contributed by atoms with Gasteiger partial charge in [-0.3, -0.25) is 4.98 Å². The van der Waals surface area contributed by atoms with Gasteiger partial charge in [0.25, 0.3) is 0 Å². The maximum Gasteiger partial charge on any atom is 0.328 e. The van der Waals surface area contributed by atoms with Crippen LogP contribution in [0.1, 0.15) is 51.9 Å². The number of carbonyl (C=O) groups is 1. The molecule has 4 unspecified atom stereocenters. The second-order valence-corrected chi connectivity index (χ2v) is 11.5. The number of ether oxygens (including phenoxy) is 1. The summed E-state index contributed by atoms with van der Waals surface area (Å²) in [7, 11) is 0. The van der Waals surface area contributed by atoms with E-state index >= 15 is 0 Å². The van der Waals surface area contributed by atoms with E-state index in [4.69, 9.17) is 9.72 Å². The second-order valence-electron chi connectivity index (χ2n) is 10.5. The third kappa shape index (κ3) is 5.66. The monoisotopic (exact) mass is 530 g/mol. The quantitative estimate of drug-likeness (QED) is 0.225. The molecule has 12 heteroatoms. The van der Waals surface area contributed by atoms with Crippen LogP contribution in [0.5, 0.6) is 0 Å². The van der Waals surface area contributed by atoms with Crippen LogP contribution in [0.4, 0.5) is 11.8 Å². The summed E-state index contributed by atoms with van der Waals surface area (Å²) in [6.45, 7) is 10.4. The first-order valence-corrected chi connectivity index (χ1v) is 13.0. The number of pyridine rings is 1. The number of rotatable bonds is 7. The lowest BCUT2D eigenvalue weighted by Crippen LogP contribution is -2.48. The zero-order valence-electron chi connectivity index (χ0n) is 21.9. The summed E-state index contributed by atoms with van der Waals surface area (Å²) in [5.41, 5.74) is 0.290. The Balaban J connectivity index is 1.76. The highest BCUT2D eigenvalue weighted by Crippen LogP contribution is 2.41. The first-order chi connectivity index (χ1) is 17.3. The van der Waals surface area contributed by atoms with Gasteiger partial charge in [-0.25, -0.2) is 14.8 Å². The number of aromatic nitrogens is 4. The van der Waals surface area contributed by atoms with Crippen molar-refractivity contribution in [2.24, 2.45) is 5.92 Å². The highest BCUT2D eigenvalue weighted by atomic mass is 32.1. The normalized spacial score (nSPS) is 22.7. The molecule has 0 amide bonds. The Morgan fingerprint density at radius 1 is 1.27 bits per heavy atom. The van der Waals surface area contributed by atoms with Crippen molar-refractivity contribution in [3.8, 4) is 10.6 Å². The van der Waals surface area contributed by atoms with Gasteiger partial charge in [-0.2, -0.15) is 4.98 Å². The number of hydrogen-bond acceptors (Lipinski definition) is 12. The maximum absolute atomic E-state index is 12.5. The number of hydrogen-bond donors (Lipinski definition) is 5.